The van der Waals surface area contributed by atoms with Gasteiger partial charge in [0.05, 0.1) is 9.72 Å². The molecule has 2 aromatic rings. The van der Waals surface area contributed by atoms with Gasteiger partial charge in [-0.25, -0.2) is 9.78 Å². The van der Waals surface area contributed by atoms with E-state index < -0.39 is 30.3 Å². The molecule has 0 atom stereocenters. The fourth-order valence-electron chi connectivity index (χ4n) is 2.08. The van der Waals surface area contributed by atoms with Crippen LogP contribution in [0.25, 0.3) is 10.2 Å². The number of benzene rings is 1. The third-order valence-electron chi connectivity index (χ3n) is 3.42. The normalized spacial score (nSPS) is 13.1. The van der Waals surface area contributed by atoms with E-state index in [1.807, 2.05) is 5.32 Å². The Morgan fingerprint density at radius 1 is 1.20 bits per heavy atom. The van der Waals surface area contributed by atoms with Crippen molar-refractivity contribution in [2.24, 2.45) is 0 Å². The topological polar surface area (TPSA) is 54.0 Å². The maximum absolute atomic E-state index is 13.0. The van der Waals surface area contributed by atoms with Crippen LogP contribution in [0.5, 0.6) is 0 Å². The summed E-state index contributed by atoms with van der Waals surface area (Å²) in [5.41, 5.74) is -4.09. The van der Waals surface area contributed by atoms with Crippen LogP contribution >= 0.6 is 22.9 Å². The standard InChI is InChI=1S/C13H10ClF6N3OS/c1-2-11(12(15,16)17,13(18,19)20)23-9(24)22-10-21-8-6(14)4-3-5-7(8)25-10/h3-5H,2H2,1H3,(H2,21,22,23,24). The lowest BCUT2D eigenvalue weighted by Crippen LogP contribution is -2.67. The van der Waals surface area contributed by atoms with Crippen LogP contribution in [0.3, 0.4) is 0 Å². The molecule has 0 bridgehead atoms. The number of thiazole rings is 1. The van der Waals surface area contributed by atoms with E-state index in [4.69, 9.17) is 11.6 Å². The van der Waals surface area contributed by atoms with Crippen LogP contribution in [0.2, 0.25) is 5.02 Å². The second kappa shape index (κ2) is 6.52. The van der Waals surface area contributed by atoms with Crippen LogP contribution < -0.4 is 10.6 Å². The van der Waals surface area contributed by atoms with Crippen LogP contribution in [0.4, 0.5) is 36.3 Å². The first kappa shape index (κ1) is 19.6. The highest BCUT2D eigenvalue weighted by atomic mass is 35.5. The van der Waals surface area contributed by atoms with Gasteiger partial charge in [-0.2, -0.15) is 26.3 Å². The molecular weight excluding hydrogens is 396 g/mol. The van der Waals surface area contributed by atoms with Crippen LogP contribution in [-0.2, 0) is 0 Å². The largest absolute Gasteiger partial charge is 0.420 e. The Balaban J connectivity index is 2.28. The summed E-state index contributed by atoms with van der Waals surface area (Å²) in [6.07, 6.45) is -12.9. The van der Waals surface area contributed by atoms with E-state index in [-0.39, 0.29) is 15.7 Å². The molecule has 0 fully saturated rings. The van der Waals surface area contributed by atoms with Crippen molar-refractivity contribution in [1.82, 2.24) is 10.3 Å². The van der Waals surface area contributed by atoms with Gasteiger partial charge < -0.3 is 5.32 Å². The lowest BCUT2D eigenvalue weighted by molar-refractivity contribution is -0.304. The Kier molecular flexibility index (Phi) is 5.11. The summed E-state index contributed by atoms with van der Waals surface area (Å²) in [7, 11) is 0. The van der Waals surface area contributed by atoms with Crippen molar-refractivity contribution in [3.05, 3.63) is 23.2 Å². The molecule has 138 valence electrons. The minimum Gasteiger partial charge on any atom is -0.316 e. The molecule has 12 heteroatoms. The average Bonchev–Trinajstić information content (AvgIpc) is 2.85. The number of anilines is 1. The van der Waals surface area contributed by atoms with Crippen molar-refractivity contribution in [3.8, 4) is 0 Å². The molecule has 0 aliphatic rings. The highest BCUT2D eigenvalue weighted by Gasteiger charge is 2.70. The Bertz CT molecular complexity index is 774. The number of alkyl halides is 6. The van der Waals surface area contributed by atoms with E-state index in [9.17, 15) is 31.1 Å². The summed E-state index contributed by atoms with van der Waals surface area (Å²) in [6, 6.07) is 3.00. The molecule has 0 aliphatic heterocycles. The van der Waals surface area contributed by atoms with Crippen LogP contribution in [0.1, 0.15) is 13.3 Å². The summed E-state index contributed by atoms with van der Waals surface area (Å²) in [5.74, 6) is 0. The van der Waals surface area contributed by atoms with Crippen LogP contribution in [0, 0.1) is 0 Å². The fourth-order valence-corrected chi connectivity index (χ4v) is 3.24. The zero-order valence-electron chi connectivity index (χ0n) is 12.3. The molecule has 0 unspecified atom stereocenters. The smallest absolute Gasteiger partial charge is 0.316 e. The number of hydrogen-bond acceptors (Lipinski definition) is 3. The predicted molar refractivity (Wildman–Crippen MR) is 81.9 cm³/mol. The third kappa shape index (κ3) is 3.61. The molecule has 1 aromatic heterocycles. The molecule has 0 radical (unpaired) electrons. The number of urea groups is 1. The van der Waals surface area contributed by atoms with Gasteiger partial charge in [-0.1, -0.05) is 35.9 Å². The lowest BCUT2D eigenvalue weighted by Gasteiger charge is -2.36. The second-order valence-electron chi connectivity index (χ2n) is 4.94. The number of fused-ring (bicyclic) bond motifs is 1. The molecule has 2 rings (SSSR count). The molecule has 25 heavy (non-hydrogen) atoms. The SMILES string of the molecule is CCC(NC(=O)Nc1nc2c(Cl)cccc2s1)(C(F)(F)F)C(F)(F)F. The molecular formula is C13H10ClF6N3OS. The molecule has 0 saturated heterocycles. The molecule has 2 N–H and O–H groups in total. The molecule has 2 amide bonds. The summed E-state index contributed by atoms with van der Waals surface area (Å²) in [6.45, 7) is 0.679. The predicted octanol–water partition coefficient (Wildman–Crippen LogP) is 5.34. The monoisotopic (exact) mass is 405 g/mol. The Labute approximate surface area is 146 Å². The lowest BCUT2D eigenvalue weighted by atomic mass is 9.94. The highest BCUT2D eigenvalue weighted by molar-refractivity contribution is 7.22. The van der Waals surface area contributed by atoms with E-state index >= 15 is 0 Å². The number of rotatable bonds is 3. The van der Waals surface area contributed by atoms with Gasteiger partial charge in [-0.05, 0) is 18.6 Å². The number of amides is 2. The minimum atomic E-state index is -5.73. The van der Waals surface area contributed by atoms with Gasteiger partial charge in [0.1, 0.15) is 5.52 Å². The Hall–Kier alpha value is -1.75. The molecule has 1 aromatic carbocycles. The van der Waals surface area contributed by atoms with Crippen molar-refractivity contribution in [1.29, 1.82) is 0 Å². The first-order chi connectivity index (χ1) is 11.4. The minimum absolute atomic E-state index is 0.185. The van der Waals surface area contributed by atoms with Gasteiger partial charge in [0.25, 0.3) is 0 Å². The Morgan fingerprint density at radius 2 is 1.80 bits per heavy atom. The molecule has 0 spiro atoms. The number of aromatic nitrogens is 1. The summed E-state index contributed by atoms with van der Waals surface area (Å²) in [4.78, 5) is 15.6. The van der Waals surface area contributed by atoms with Gasteiger partial charge in [0, 0.05) is 0 Å². The van der Waals surface area contributed by atoms with Gasteiger partial charge in [-0.3, -0.25) is 5.32 Å². The molecule has 1 heterocycles. The molecule has 0 saturated carbocycles. The number of hydrogen-bond donors (Lipinski definition) is 2. The van der Waals surface area contributed by atoms with Crippen LogP contribution in [0.15, 0.2) is 18.2 Å². The quantitative estimate of drug-likeness (QED) is 0.677. The van der Waals surface area contributed by atoms with Gasteiger partial charge in [0.15, 0.2) is 5.13 Å². The van der Waals surface area contributed by atoms with Gasteiger partial charge >= 0.3 is 18.4 Å². The van der Waals surface area contributed by atoms with E-state index in [0.717, 1.165) is 16.7 Å². The number of halogens is 7. The summed E-state index contributed by atoms with van der Waals surface area (Å²) < 4.78 is 78.5. The van der Waals surface area contributed by atoms with E-state index in [2.05, 4.69) is 4.98 Å². The number of nitrogens with one attached hydrogen (secondary N) is 2. The van der Waals surface area contributed by atoms with Crippen LogP contribution in [-0.4, -0.2) is 28.9 Å². The van der Waals surface area contributed by atoms with E-state index in [1.54, 1.807) is 12.1 Å². The second-order valence-corrected chi connectivity index (χ2v) is 6.38. The summed E-state index contributed by atoms with van der Waals surface area (Å²) in [5, 5.41) is 2.94. The molecule has 0 aliphatic carbocycles. The first-order valence-electron chi connectivity index (χ1n) is 6.69. The van der Waals surface area contributed by atoms with Crippen molar-refractivity contribution in [3.63, 3.8) is 0 Å². The third-order valence-corrected chi connectivity index (χ3v) is 4.66. The van der Waals surface area contributed by atoms with Gasteiger partial charge in [0.2, 0.25) is 5.54 Å². The van der Waals surface area contributed by atoms with Crippen molar-refractivity contribution in [2.75, 3.05) is 5.32 Å². The van der Waals surface area contributed by atoms with E-state index in [0.29, 0.717) is 11.6 Å². The van der Waals surface area contributed by atoms with Crippen molar-refractivity contribution < 1.29 is 31.1 Å². The zero-order chi connectivity index (χ0) is 19.0. The fraction of sp³-hybridized carbons (Fsp3) is 0.385. The number of carbonyl (C=O) groups excluding carboxylic acids is 1. The number of carbonyl (C=O) groups is 1. The molecule has 4 nitrogen and oxygen atoms in total. The summed E-state index contributed by atoms with van der Waals surface area (Å²) >= 11 is 6.73. The number of nitrogens with zero attached hydrogens (tertiary/aromatic N) is 1. The average molecular weight is 406 g/mol. The van der Waals surface area contributed by atoms with E-state index in [1.165, 1.54) is 6.07 Å². The van der Waals surface area contributed by atoms with Crippen molar-refractivity contribution in [2.45, 2.75) is 31.2 Å². The first-order valence-corrected chi connectivity index (χ1v) is 7.88. The Morgan fingerprint density at radius 3 is 2.28 bits per heavy atom. The maximum Gasteiger partial charge on any atom is 0.420 e. The number of para-hydroxylation sites is 1. The van der Waals surface area contributed by atoms with Crippen molar-refractivity contribution >= 4 is 44.3 Å². The maximum atomic E-state index is 13.0. The van der Waals surface area contributed by atoms with Gasteiger partial charge in [-0.15, -0.1) is 0 Å². The zero-order valence-corrected chi connectivity index (χ0v) is 13.9. The highest BCUT2D eigenvalue weighted by Crippen LogP contribution is 2.45.